The summed E-state index contributed by atoms with van der Waals surface area (Å²) >= 11 is 0. The smallest absolute Gasteiger partial charge is 0.257 e. The van der Waals surface area contributed by atoms with Crippen LogP contribution in [0.4, 0.5) is 5.69 Å². The molecule has 0 atom stereocenters. The molecule has 2 aromatic heterocycles. The number of pyridine rings is 1. The van der Waals surface area contributed by atoms with Gasteiger partial charge in [0, 0.05) is 29.8 Å². The number of nitrogens with one attached hydrogen (secondary N) is 1. The van der Waals surface area contributed by atoms with E-state index in [1.54, 1.807) is 30.3 Å². The Morgan fingerprint density at radius 2 is 2.04 bits per heavy atom. The molecule has 2 N–H and O–H groups in total. The summed E-state index contributed by atoms with van der Waals surface area (Å²) in [6, 6.07) is 12.4. The molecule has 0 saturated carbocycles. The molecule has 2 heterocycles. The largest absolute Gasteiger partial charge is 0.496 e. The number of carbonyl (C=O) groups excluding carboxylic acids is 1. The molecule has 0 spiro atoms. The van der Waals surface area contributed by atoms with Gasteiger partial charge in [-0.05, 0) is 42.5 Å². The van der Waals surface area contributed by atoms with Crippen LogP contribution in [0.2, 0.25) is 0 Å². The molecule has 0 aliphatic rings. The third-order valence-corrected chi connectivity index (χ3v) is 3.59. The van der Waals surface area contributed by atoms with Crippen molar-refractivity contribution in [3.63, 3.8) is 0 Å². The van der Waals surface area contributed by atoms with E-state index >= 15 is 0 Å². The Morgan fingerprint density at radius 3 is 2.67 bits per heavy atom. The number of rotatable bonds is 5. The number of aliphatic hydroxyl groups excluding tert-OH is 1. The van der Waals surface area contributed by atoms with Gasteiger partial charge in [0.2, 0.25) is 0 Å². The van der Waals surface area contributed by atoms with E-state index in [9.17, 15) is 9.90 Å². The average Bonchev–Trinajstić information content (AvgIpc) is 3.16. The molecule has 3 rings (SSSR count). The fourth-order valence-electron chi connectivity index (χ4n) is 2.34. The second-order valence-electron chi connectivity index (χ2n) is 5.13. The SMILES string of the molecule is COc1ccc(NC(=O)c2ccc(-n3cccc3)nc2)cc1CO. The van der Waals surface area contributed by atoms with Crippen molar-refractivity contribution in [2.24, 2.45) is 0 Å². The minimum Gasteiger partial charge on any atom is -0.496 e. The lowest BCUT2D eigenvalue weighted by atomic mass is 10.1. The Bertz CT molecular complexity index is 827. The number of amides is 1. The van der Waals surface area contributed by atoms with E-state index in [2.05, 4.69) is 10.3 Å². The van der Waals surface area contributed by atoms with Crippen molar-refractivity contribution in [1.29, 1.82) is 0 Å². The summed E-state index contributed by atoms with van der Waals surface area (Å²) in [7, 11) is 1.53. The summed E-state index contributed by atoms with van der Waals surface area (Å²) in [6.07, 6.45) is 5.30. The van der Waals surface area contributed by atoms with Gasteiger partial charge < -0.3 is 19.7 Å². The van der Waals surface area contributed by atoms with Crippen LogP contribution < -0.4 is 10.1 Å². The highest BCUT2D eigenvalue weighted by atomic mass is 16.5. The Balaban J connectivity index is 1.75. The molecule has 0 radical (unpaired) electrons. The minimum atomic E-state index is -0.268. The molecule has 6 heteroatoms. The molecule has 0 unspecified atom stereocenters. The highest BCUT2D eigenvalue weighted by Gasteiger charge is 2.09. The van der Waals surface area contributed by atoms with Crippen LogP contribution in [0.3, 0.4) is 0 Å². The fraction of sp³-hybridized carbons (Fsp3) is 0.111. The van der Waals surface area contributed by atoms with Crippen molar-refractivity contribution in [2.45, 2.75) is 6.61 Å². The lowest BCUT2D eigenvalue weighted by Gasteiger charge is -2.10. The van der Waals surface area contributed by atoms with Crippen LogP contribution >= 0.6 is 0 Å². The summed E-state index contributed by atoms with van der Waals surface area (Å²) in [6.45, 7) is -0.167. The molecule has 24 heavy (non-hydrogen) atoms. The number of nitrogens with zero attached hydrogens (tertiary/aromatic N) is 2. The molecule has 0 bridgehead atoms. The fourth-order valence-corrected chi connectivity index (χ4v) is 2.34. The molecule has 122 valence electrons. The maximum Gasteiger partial charge on any atom is 0.257 e. The van der Waals surface area contributed by atoms with Crippen molar-refractivity contribution in [3.05, 3.63) is 72.2 Å². The third kappa shape index (κ3) is 3.28. The van der Waals surface area contributed by atoms with Crippen LogP contribution in [0.5, 0.6) is 5.75 Å². The van der Waals surface area contributed by atoms with E-state index in [1.807, 2.05) is 29.1 Å². The van der Waals surface area contributed by atoms with Gasteiger partial charge in [0.15, 0.2) is 0 Å². The maximum atomic E-state index is 12.3. The average molecular weight is 323 g/mol. The Labute approximate surface area is 139 Å². The molecule has 0 aliphatic heterocycles. The first-order chi connectivity index (χ1) is 11.7. The Kier molecular flexibility index (Phi) is 4.58. The number of methoxy groups -OCH3 is 1. The van der Waals surface area contributed by atoms with Crippen LogP contribution in [-0.4, -0.2) is 27.7 Å². The zero-order valence-corrected chi connectivity index (χ0v) is 13.1. The maximum absolute atomic E-state index is 12.3. The van der Waals surface area contributed by atoms with E-state index in [-0.39, 0.29) is 12.5 Å². The molecule has 0 saturated heterocycles. The monoisotopic (exact) mass is 323 g/mol. The van der Waals surface area contributed by atoms with Gasteiger partial charge >= 0.3 is 0 Å². The zero-order chi connectivity index (χ0) is 16.9. The lowest BCUT2D eigenvalue weighted by molar-refractivity contribution is 0.102. The van der Waals surface area contributed by atoms with Gasteiger partial charge in [-0.15, -0.1) is 0 Å². The summed E-state index contributed by atoms with van der Waals surface area (Å²) in [5.74, 6) is 1.05. The van der Waals surface area contributed by atoms with Crippen molar-refractivity contribution in [1.82, 2.24) is 9.55 Å². The van der Waals surface area contributed by atoms with Crippen molar-refractivity contribution in [3.8, 4) is 11.6 Å². The van der Waals surface area contributed by atoms with E-state index in [0.717, 1.165) is 5.82 Å². The van der Waals surface area contributed by atoms with Gasteiger partial charge in [-0.3, -0.25) is 4.79 Å². The molecule has 0 fully saturated rings. The van der Waals surface area contributed by atoms with Crippen molar-refractivity contribution < 1.29 is 14.6 Å². The van der Waals surface area contributed by atoms with Crippen LogP contribution in [0.25, 0.3) is 5.82 Å². The second-order valence-corrected chi connectivity index (χ2v) is 5.13. The van der Waals surface area contributed by atoms with Gasteiger partial charge in [0.1, 0.15) is 11.6 Å². The van der Waals surface area contributed by atoms with E-state index in [4.69, 9.17) is 4.74 Å². The van der Waals surface area contributed by atoms with Crippen molar-refractivity contribution >= 4 is 11.6 Å². The summed E-state index contributed by atoms with van der Waals surface area (Å²) in [5.41, 5.74) is 1.64. The number of hydrogen-bond acceptors (Lipinski definition) is 4. The molecular weight excluding hydrogens is 306 g/mol. The van der Waals surface area contributed by atoms with Gasteiger partial charge in [-0.25, -0.2) is 4.98 Å². The number of carbonyl (C=O) groups is 1. The third-order valence-electron chi connectivity index (χ3n) is 3.59. The number of anilines is 1. The first-order valence-electron chi connectivity index (χ1n) is 7.40. The summed E-state index contributed by atoms with van der Waals surface area (Å²) < 4.78 is 7.00. The molecule has 6 nitrogen and oxygen atoms in total. The molecule has 1 aromatic carbocycles. The Hall–Kier alpha value is -3.12. The summed E-state index contributed by atoms with van der Waals surface area (Å²) in [5, 5.41) is 12.1. The second kappa shape index (κ2) is 6.97. The molecular formula is C18H17N3O3. The van der Waals surface area contributed by atoms with Crippen LogP contribution in [-0.2, 0) is 6.61 Å². The number of aliphatic hydroxyl groups is 1. The quantitative estimate of drug-likeness (QED) is 0.757. The lowest BCUT2D eigenvalue weighted by Crippen LogP contribution is -2.13. The normalized spacial score (nSPS) is 10.4. The molecule has 3 aromatic rings. The summed E-state index contributed by atoms with van der Waals surface area (Å²) in [4.78, 5) is 16.6. The first kappa shape index (κ1) is 15.8. The number of benzene rings is 1. The standard InChI is InChI=1S/C18H17N3O3/c1-24-16-6-5-15(10-14(16)12-22)20-18(23)13-4-7-17(19-11-13)21-8-2-3-9-21/h2-11,22H,12H2,1H3,(H,20,23). The number of hydrogen-bond donors (Lipinski definition) is 2. The van der Waals surface area contributed by atoms with Crippen LogP contribution in [0, 0.1) is 0 Å². The van der Waals surface area contributed by atoms with Crippen LogP contribution in [0.15, 0.2) is 61.1 Å². The zero-order valence-electron chi connectivity index (χ0n) is 13.1. The molecule has 0 aliphatic carbocycles. The van der Waals surface area contributed by atoms with Crippen molar-refractivity contribution in [2.75, 3.05) is 12.4 Å². The van der Waals surface area contributed by atoms with Gasteiger partial charge in [-0.1, -0.05) is 0 Å². The first-order valence-corrected chi connectivity index (χ1v) is 7.40. The van der Waals surface area contributed by atoms with Gasteiger partial charge in [0.25, 0.3) is 5.91 Å². The molecule has 1 amide bonds. The topological polar surface area (TPSA) is 76.4 Å². The predicted molar refractivity (Wildman–Crippen MR) is 90.4 cm³/mol. The van der Waals surface area contributed by atoms with Gasteiger partial charge in [-0.2, -0.15) is 0 Å². The van der Waals surface area contributed by atoms with Crippen LogP contribution in [0.1, 0.15) is 15.9 Å². The van der Waals surface area contributed by atoms with E-state index in [1.165, 1.54) is 13.3 Å². The minimum absolute atomic E-state index is 0.167. The highest BCUT2D eigenvalue weighted by molar-refractivity contribution is 6.04. The van der Waals surface area contributed by atoms with E-state index in [0.29, 0.717) is 22.6 Å². The van der Waals surface area contributed by atoms with E-state index < -0.39 is 0 Å². The highest BCUT2D eigenvalue weighted by Crippen LogP contribution is 2.23. The number of ether oxygens (including phenoxy) is 1. The Morgan fingerprint density at radius 1 is 1.25 bits per heavy atom. The van der Waals surface area contributed by atoms with Gasteiger partial charge in [0.05, 0.1) is 19.3 Å². The predicted octanol–water partition coefficient (Wildman–Crippen LogP) is 2.63. The number of aromatic nitrogens is 2.